The van der Waals surface area contributed by atoms with Crippen LogP contribution >= 0.6 is 12.4 Å². The second-order valence-corrected chi connectivity index (χ2v) is 7.48. The van der Waals surface area contributed by atoms with Gasteiger partial charge in [0, 0.05) is 31.4 Å². The van der Waals surface area contributed by atoms with E-state index in [1.807, 2.05) is 0 Å². The molecule has 1 heterocycles. The number of aliphatic hydroxyl groups excluding tert-OH is 1. The van der Waals surface area contributed by atoms with E-state index in [2.05, 4.69) is 5.32 Å². The first-order valence-electron chi connectivity index (χ1n) is 9.77. The standard InChI is InChI=1S/C21H23N5O6.ClH/c1-23(13-19(28)22-14-7-9-15(10-8-14)26(31)32)11-16(27)12-25-20(29)17-5-3-4-6-18(17)24(2)21(25)30;/h3-10,16,27H,11-13H2,1-2H3,(H,22,28);1H. The minimum absolute atomic E-state index is 0. The molecule has 1 unspecified atom stereocenters. The number of hydrogen-bond donors (Lipinski definition) is 2. The number of para-hydroxylation sites is 1. The van der Waals surface area contributed by atoms with Crippen molar-refractivity contribution in [2.45, 2.75) is 12.6 Å². The van der Waals surface area contributed by atoms with Gasteiger partial charge in [-0.1, -0.05) is 12.1 Å². The van der Waals surface area contributed by atoms with Crippen LogP contribution in [0.1, 0.15) is 0 Å². The number of nitrogens with one attached hydrogen (secondary N) is 1. The van der Waals surface area contributed by atoms with E-state index in [0.717, 1.165) is 4.57 Å². The van der Waals surface area contributed by atoms with Crippen molar-refractivity contribution in [2.24, 2.45) is 7.05 Å². The van der Waals surface area contributed by atoms with E-state index in [4.69, 9.17) is 0 Å². The van der Waals surface area contributed by atoms with Crippen LogP contribution in [-0.4, -0.2) is 56.2 Å². The van der Waals surface area contributed by atoms with Gasteiger partial charge in [-0.3, -0.25) is 33.7 Å². The lowest BCUT2D eigenvalue weighted by Crippen LogP contribution is -2.44. The third-order valence-corrected chi connectivity index (χ3v) is 4.95. The number of nitro benzene ring substituents is 1. The third-order valence-electron chi connectivity index (χ3n) is 4.95. The Bertz CT molecular complexity index is 1270. The predicted molar refractivity (Wildman–Crippen MR) is 126 cm³/mol. The highest BCUT2D eigenvalue weighted by Crippen LogP contribution is 2.15. The zero-order valence-corrected chi connectivity index (χ0v) is 18.8. The maximum atomic E-state index is 12.7. The van der Waals surface area contributed by atoms with Crippen molar-refractivity contribution < 1.29 is 14.8 Å². The summed E-state index contributed by atoms with van der Waals surface area (Å²) < 4.78 is 2.34. The zero-order valence-electron chi connectivity index (χ0n) is 18.0. The van der Waals surface area contributed by atoms with Gasteiger partial charge in [-0.25, -0.2) is 4.79 Å². The molecule has 0 spiro atoms. The summed E-state index contributed by atoms with van der Waals surface area (Å²) in [5, 5.41) is 24.1. The van der Waals surface area contributed by atoms with E-state index in [0.29, 0.717) is 16.6 Å². The van der Waals surface area contributed by atoms with Crippen molar-refractivity contribution in [3.05, 3.63) is 79.5 Å². The Morgan fingerprint density at radius 3 is 2.45 bits per heavy atom. The molecule has 12 heteroatoms. The van der Waals surface area contributed by atoms with Gasteiger partial charge in [0.1, 0.15) is 0 Å². The molecule has 1 amide bonds. The molecule has 0 bridgehead atoms. The number of aromatic nitrogens is 2. The topological polar surface area (TPSA) is 140 Å². The lowest BCUT2D eigenvalue weighted by molar-refractivity contribution is -0.384. The summed E-state index contributed by atoms with van der Waals surface area (Å²) in [6.45, 7) is -0.251. The van der Waals surface area contributed by atoms with Gasteiger partial charge >= 0.3 is 5.69 Å². The Morgan fingerprint density at radius 1 is 1.18 bits per heavy atom. The van der Waals surface area contributed by atoms with Crippen molar-refractivity contribution in [2.75, 3.05) is 25.5 Å². The van der Waals surface area contributed by atoms with Crippen molar-refractivity contribution in [3.8, 4) is 0 Å². The minimum Gasteiger partial charge on any atom is -0.390 e. The lowest BCUT2D eigenvalue weighted by atomic mass is 10.2. The first-order valence-corrected chi connectivity index (χ1v) is 9.77. The van der Waals surface area contributed by atoms with Crippen LogP contribution in [0.25, 0.3) is 10.9 Å². The maximum absolute atomic E-state index is 12.7. The second-order valence-electron chi connectivity index (χ2n) is 7.48. The number of carbonyl (C=O) groups excluding carboxylic acids is 1. The molecule has 0 aliphatic rings. The molecular weight excluding hydrogens is 454 g/mol. The van der Waals surface area contributed by atoms with Crippen LogP contribution in [0.3, 0.4) is 0 Å². The van der Waals surface area contributed by atoms with E-state index in [1.165, 1.54) is 28.8 Å². The number of anilines is 1. The summed E-state index contributed by atoms with van der Waals surface area (Å²) in [4.78, 5) is 49.2. The van der Waals surface area contributed by atoms with Gasteiger partial charge in [0.25, 0.3) is 11.2 Å². The summed E-state index contributed by atoms with van der Waals surface area (Å²) in [5.41, 5.74) is -0.194. The first-order chi connectivity index (χ1) is 15.2. The Balaban J connectivity index is 0.00000385. The number of likely N-dealkylation sites (N-methyl/N-ethyl adjacent to an activating group) is 1. The molecule has 3 aromatic rings. The quantitative estimate of drug-likeness (QED) is 0.363. The van der Waals surface area contributed by atoms with Crippen LogP contribution in [0.4, 0.5) is 11.4 Å². The number of fused-ring (bicyclic) bond motifs is 1. The van der Waals surface area contributed by atoms with Crippen LogP contribution in [0, 0.1) is 10.1 Å². The van der Waals surface area contributed by atoms with Gasteiger partial charge in [0.05, 0.1) is 35.0 Å². The average Bonchev–Trinajstić information content (AvgIpc) is 2.75. The van der Waals surface area contributed by atoms with Crippen molar-refractivity contribution in [3.63, 3.8) is 0 Å². The molecule has 0 saturated carbocycles. The molecule has 1 atom stereocenters. The number of rotatable bonds is 8. The van der Waals surface area contributed by atoms with E-state index in [-0.39, 0.29) is 43.6 Å². The fraction of sp³-hybridized carbons (Fsp3) is 0.286. The monoisotopic (exact) mass is 477 g/mol. The highest BCUT2D eigenvalue weighted by atomic mass is 35.5. The summed E-state index contributed by atoms with van der Waals surface area (Å²) >= 11 is 0. The van der Waals surface area contributed by atoms with E-state index in [1.54, 1.807) is 43.3 Å². The summed E-state index contributed by atoms with van der Waals surface area (Å²) in [7, 11) is 3.17. The molecule has 0 saturated heterocycles. The van der Waals surface area contributed by atoms with E-state index < -0.39 is 22.3 Å². The van der Waals surface area contributed by atoms with Crippen LogP contribution in [0.5, 0.6) is 0 Å². The average molecular weight is 478 g/mol. The van der Waals surface area contributed by atoms with Gasteiger partial charge in [0.2, 0.25) is 5.91 Å². The van der Waals surface area contributed by atoms with E-state index >= 15 is 0 Å². The number of benzene rings is 2. The van der Waals surface area contributed by atoms with Crippen molar-refractivity contribution >= 4 is 40.6 Å². The van der Waals surface area contributed by atoms with Crippen LogP contribution in [0.2, 0.25) is 0 Å². The number of aryl methyl sites for hydroxylation is 1. The smallest absolute Gasteiger partial charge is 0.331 e. The van der Waals surface area contributed by atoms with Crippen molar-refractivity contribution in [1.82, 2.24) is 14.0 Å². The van der Waals surface area contributed by atoms with Gasteiger partial charge in [-0.15, -0.1) is 12.4 Å². The third kappa shape index (κ3) is 6.04. The number of nitro groups is 1. The highest BCUT2D eigenvalue weighted by Gasteiger charge is 2.17. The van der Waals surface area contributed by atoms with Gasteiger partial charge in [-0.2, -0.15) is 0 Å². The number of hydrogen-bond acceptors (Lipinski definition) is 7. The minimum atomic E-state index is -1.07. The molecule has 2 aromatic carbocycles. The molecule has 3 rings (SSSR count). The molecule has 2 N–H and O–H groups in total. The molecule has 0 aliphatic carbocycles. The number of halogens is 1. The highest BCUT2D eigenvalue weighted by molar-refractivity contribution is 5.92. The fourth-order valence-electron chi connectivity index (χ4n) is 3.43. The van der Waals surface area contributed by atoms with Gasteiger partial charge in [0.15, 0.2) is 0 Å². The molecule has 33 heavy (non-hydrogen) atoms. The Morgan fingerprint density at radius 2 is 1.82 bits per heavy atom. The Hall–Kier alpha value is -3.54. The first kappa shape index (κ1) is 25.7. The fourth-order valence-corrected chi connectivity index (χ4v) is 3.43. The molecule has 0 aliphatic heterocycles. The van der Waals surface area contributed by atoms with Gasteiger partial charge in [-0.05, 0) is 31.3 Å². The van der Waals surface area contributed by atoms with Crippen LogP contribution < -0.4 is 16.6 Å². The summed E-state index contributed by atoms with van der Waals surface area (Å²) in [6, 6.07) is 12.1. The molecule has 11 nitrogen and oxygen atoms in total. The Labute approximate surface area is 194 Å². The van der Waals surface area contributed by atoms with Crippen molar-refractivity contribution in [1.29, 1.82) is 0 Å². The molecule has 1 aromatic heterocycles. The van der Waals surface area contributed by atoms with Crippen LogP contribution in [-0.2, 0) is 18.4 Å². The number of nitrogens with zero attached hydrogens (tertiary/aromatic N) is 4. The summed E-state index contributed by atoms with van der Waals surface area (Å²) in [5.74, 6) is -0.382. The normalized spacial score (nSPS) is 11.8. The van der Waals surface area contributed by atoms with Crippen LogP contribution in [0.15, 0.2) is 58.1 Å². The second kappa shape index (κ2) is 10.9. The molecule has 176 valence electrons. The SMILES string of the molecule is CN(CC(=O)Nc1ccc([N+](=O)[O-])cc1)CC(O)Cn1c(=O)c2ccccc2n(C)c1=O.Cl. The number of amides is 1. The molecular formula is C21H24ClN5O6. The lowest BCUT2D eigenvalue weighted by Gasteiger charge is -2.21. The zero-order chi connectivity index (χ0) is 23.4. The molecule has 0 radical (unpaired) electrons. The predicted octanol–water partition coefficient (Wildman–Crippen LogP) is 0.962. The van der Waals surface area contributed by atoms with Gasteiger partial charge < -0.3 is 10.4 Å². The Kier molecular flexibility index (Phi) is 8.46. The van der Waals surface area contributed by atoms with E-state index in [9.17, 15) is 29.6 Å². The maximum Gasteiger partial charge on any atom is 0.331 e. The number of aliphatic hydroxyl groups is 1. The number of carbonyl (C=O) groups is 1. The molecule has 0 fully saturated rings. The largest absolute Gasteiger partial charge is 0.390 e. The number of non-ortho nitro benzene ring substituents is 1. The summed E-state index contributed by atoms with van der Waals surface area (Å²) in [6.07, 6.45) is -1.07.